The number of rotatable bonds is 48. The van der Waals surface area contributed by atoms with E-state index >= 15 is 0 Å². The third-order valence-electron chi connectivity index (χ3n) is 12.1. The fourth-order valence-electron chi connectivity index (χ4n) is 8.09. The van der Waals surface area contributed by atoms with E-state index in [1.807, 2.05) is 0 Å². The van der Waals surface area contributed by atoms with Crippen molar-refractivity contribution in [2.24, 2.45) is 0 Å². The van der Waals surface area contributed by atoms with Crippen molar-refractivity contribution in [2.45, 2.75) is 289 Å². The summed E-state index contributed by atoms with van der Waals surface area (Å²) >= 11 is 0. The average Bonchev–Trinajstić information content (AvgIpc) is 3.26. The van der Waals surface area contributed by atoms with Gasteiger partial charge in [0.05, 0.1) is 25.2 Å². The van der Waals surface area contributed by atoms with Crippen LogP contribution in [0.1, 0.15) is 271 Å². The van der Waals surface area contributed by atoms with E-state index in [0.717, 1.165) is 103 Å². The molecule has 0 saturated carbocycles. The molecule has 3 unspecified atom stereocenters. The van der Waals surface area contributed by atoms with Crippen LogP contribution in [0.5, 0.6) is 0 Å². The Labute approximate surface area is 385 Å². The summed E-state index contributed by atoms with van der Waals surface area (Å²) in [4.78, 5) is 26.2. The molecule has 6 nitrogen and oxygen atoms in total. The third kappa shape index (κ3) is 44.4. The Kier molecular flexibility index (Phi) is 48.1. The van der Waals surface area contributed by atoms with Gasteiger partial charge in [0.15, 0.2) is 0 Å². The summed E-state index contributed by atoms with van der Waals surface area (Å²) in [6.45, 7) is 6.37. The SMILES string of the molecule is CC/C=C/C/C=C/C/C=C/CCCCCCC(CC(=O)NC(CO)C(O)CCCCCCCCCCCCCCCCCC)OC(=O)CCCCC/C=C\CCCCCCCC. The van der Waals surface area contributed by atoms with Crippen LogP contribution >= 0.6 is 0 Å². The van der Waals surface area contributed by atoms with E-state index in [9.17, 15) is 19.8 Å². The quantitative estimate of drug-likeness (QED) is 0.0322. The second-order valence-corrected chi connectivity index (χ2v) is 18.2. The first kappa shape index (κ1) is 59.8. The Balaban J connectivity index is 4.58. The van der Waals surface area contributed by atoms with Gasteiger partial charge in [-0.1, -0.05) is 223 Å². The van der Waals surface area contributed by atoms with E-state index < -0.39 is 18.2 Å². The Morgan fingerprint density at radius 1 is 0.484 bits per heavy atom. The average molecular weight is 870 g/mol. The summed E-state index contributed by atoms with van der Waals surface area (Å²) in [5.74, 6) is -0.509. The van der Waals surface area contributed by atoms with Crippen LogP contribution in [0.2, 0.25) is 0 Å². The number of aliphatic hydroxyl groups excluding tert-OH is 2. The van der Waals surface area contributed by atoms with Gasteiger partial charge in [0.1, 0.15) is 6.10 Å². The number of carbonyl (C=O) groups excluding carboxylic acids is 2. The number of aliphatic hydroxyl groups is 2. The van der Waals surface area contributed by atoms with Gasteiger partial charge >= 0.3 is 5.97 Å². The zero-order valence-electron chi connectivity index (χ0n) is 41.3. The Morgan fingerprint density at radius 2 is 0.871 bits per heavy atom. The van der Waals surface area contributed by atoms with Crippen molar-refractivity contribution in [2.75, 3.05) is 6.61 Å². The summed E-state index contributed by atoms with van der Waals surface area (Å²) in [5, 5.41) is 23.8. The van der Waals surface area contributed by atoms with Crippen LogP contribution in [0.3, 0.4) is 0 Å². The van der Waals surface area contributed by atoms with Crippen LogP contribution in [0.25, 0.3) is 0 Å². The number of nitrogens with one attached hydrogen (secondary N) is 1. The largest absolute Gasteiger partial charge is 0.462 e. The number of hydrogen-bond donors (Lipinski definition) is 3. The molecule has 0 aromatic heterocycles. The molecular formula is C56H103NO5. The molecule has 0 radical (unpaired) electrons. The molecule has 0 aliphatic heterocycles. The van der Waals surface area contributed by atoms with E-state index in [1.165, 1.54) is 122 Å². The number of carbonyl (C=O) groups is 2. The molecule has 0 aliphatic rings. The Hall–Kier alpha value is -2.18. The highest BCUT2D eigenvalue weighted by Crippen LogP contribution is 2.18. The minimum atomic E-state index is -0.796. The lowest BCUT2D eigenvalue weighted by atomic mass is 10.0. The molecule has 0 heterocycles. The highest BCUT2D eigenvalue weighted by atomic mass is 16.5. The van der Waals surface area contributed by atoms with Gasteiger partial charge in [-0.2, -0.15) is 0 Å². The predicted molar refractivity (Wildman–Crippen MR) is 269 cm³/mol. The molecule has 3 N–H and O–H groups in total. The third-order valence-corrected chi connectivity index (χ3v) is 12.1. The van der Waals surface area contributed by atoms with Crippen molar-refractivity contribution >= 4 is 11.9 Å². The maximum Gasteiger partial charge on any atom is 0.306 e. The highest BCUT2D eigenvalue weighted by molar-refractivity contribution is 5.77. The first-order valence-corrected chi connectivity index (χ1v) is 26.9. The summed E-state index contributed by atoms with van der Waals surface area (Å²) in [6.07, 6.45) is 60.3. The van der Waals surface area contributed by atoms with Gasteiger partial charge in [0.25, 0.3) is 0 Å². The molecule has 0 spiro atoms. The Morgan fingerprint density at radius 3 is 1.34 bits per heavy atom. The maximum absolute atomic E-state index is 13.2. The van der Waals surface area contributed by atoms with Crippen LogP contribution in [-0.4, -0.2) is 46.9 Å². The van der Waals surface area contributed by atoms with Gasteiger partial charge in [-0.25, -0.2) is 0 Å². The van der Waals surface area contributed by atoms with Crippen molar-refractivity contribution in [3.05, 3.63) is 48.6 Å². The van der Waals surface area contributed by atoms with Gasteiger partial charge in [0.2, 0.25) is 5.91 Å². The van der Waals surface area contributed by atoms with Gasteiger partial charge in [-0.15, -0.1) is 0 Å². The van der Waals surface area contributed by atoms with Crippen LogP contribution < -0.4 is 5.32 Å². The second kappa shape index (κ2) is 49.8. The second-order valence-electron chi connectivity index (χ2n) is 18.2. The Bertz CT molecular complexity index is 1070. The summed E-state index contributed by atoms with van der Waals surface area (Å²) < 4.78 is 5.92. The number of hydrogen-bond acceptors (Lipinski definition) is 5. The van der Waals surface area contributed by atoms with Gasteiger partial charge < -0.3 is 20.3 Å². The molecule has 0 aromatic rings. The number of allylic oxidation sites excluding steroid dienone is 8. The zero-order valence-corrected chi connectivity index (χ0v) is 41.3. The first-order chi connectivity index (χ1) is 30.5. The molecule has 0 fully saturated rings. The maximum atomic E-state index is 13.2. The fraction of sp³-hybridized carbons (Fsp3) is 0.821. The topological polar surface area (TPSA) is 95.9 Å². The van der Waals surface area contributed by atoms with Gasteiger partial charge in [0, 0.05) is 6.42 Å². The van der Waals surface area contributed by atoms with Crippen molar-refractivity contribution in [3.63, 3.8) is 0 Å². The summed E-state index contributed by atoms with van der Waals surface area (Å²) in [6, 6.07) is -0.712. The van der Waals surface area contributed by atoms with E-state index in [1.54, 1.807) is 0 Å². The smallest absolute Gasteiger partial charge is 0.306 e. The zero-order chi connectivity index (χ0) is 45.2. The fourth-order valence-corrected chi connectivity index (χ4v) is 8.09. The van der Waals surface area contributed by atoms with Crippen molar-refractivity contribution in [1.29, 1.82) is 0 Å². The molecule has 1 amide bonds. The van der Waals surface area contributed by atoms with Crippen molar-refractivity contribution in [1.82, 2.24) is 5.32 Å². The first-order valence-electron chi connectivity index (χ1n) is 26.9. The lowest BCUT2D eigenvalue weighted by Crippen LogP contribution is -2.46. The lowest BCUT2D eigenvalue weighted by molar-refractivity contribution is -0.151. The van der Waals surface area contributed by atoms with Crippen molar-refractivity contribution in [3.8, 4) is 0 Å². The molecule has 0 rings (SSSR count). The van der Waals surface area contributed by atoms with Gasteiger partial charge in [-0.3, -0.25) is 9.59 Å². The minimum Gasteiger partial charge on any atom is -0.462 e. The van der Waals surface area contributed by atoms with Crippen LogP contribution in [-0.2, 0) is 14.3 Å². The standard InChI is InChI=1S/C56H103NO5/c1-4-7-10-13-16-19-22-25-27-28-31-33-36-39-42-45-48-54(59)53(51-58)57-55(60)50-52(47-44-41-38-35-32-30-26-23-20-17-14-11-8-5-2)62-56(61)49-46-43-40-37-34-29-24-21-18-15-12-9-6-3/h8,11,17,20,26,29-30,34,52-54,58-59H,4-7,9-10,12-16,18-19,21-25,27-28,31-33,35-51H2,1-3H3,(H,57,60)/b11-8+,20-17+,30-26+,34-29-. The number of esters is 1. The molecule has 6 heteroatoms. The molecule has 3 atom stereocenters. The molecule has 0 saturated heterocycles. The molecule has 0 aliphatic carbocycles. The molecule has 362 valence electrons. The predicted octanol–water partition coefficient (Wildman–Crippen LogP) is 16.2. The van der Waals surface area contributed by atoms with E-state index in [0.29, 0.717) is 19.3 Å². The molecule has 62 heavy (non-hydrogen) atoms. The van der Waals surface area contributed by atoms with Gasteiger partial charge in [-0.05, 0) is 83.5 Å². The molecule has 0 bridgehead atoms. The molecule has 0 aromatic carbocycles. The highest BCUT2D eigenvalue weighted by Gasteiger charge is 2.24. The van der Waals surface area contributed by atoms with E-state index in [-0.39, 0.29) is 24.9 Å². The number of unbranched alkanes of at least 4 members (excludes halogenated alkanes) is 28. The number of amides is 1. The minimum absolute atomic E-state index is 0.0574. The van der Waals surface area contributed by atoms with Crippen LogP contribution in [0.4, 0.5) is 0 Å². The molecular weight excluding hydrogens is 767 g/mol. The van der Waals surface area contributed by atoms with E-state index in [4.69, 9.17) is 4.74 Å². The van der Waals surface area contributed by atoms with Crippen LogP contribution in [0.15, 0.2) is 48.6 Å². The monoisotopic (exact) mass is 870 g/mol. The normalized spacial score (nSPS) is 13.6. The summed E-state index contributed by atoms with van der Waals surface area (Å²) in [5.41, 5.74) is 0. The number of ether oxygens (including phenoxy) is 1. The van der Waals surface area contributed by atoms with Crippen molar-refractivity contribution < 1.29 is 24.5 Å². The summed E-state index contributed by atoms with van der Waals surface area (Å²) in [7, 11) is 0. The lowest BCUT2D eigenvalue weighted by Gasteiger charge is -2.24. The van der Waals surface area contributed by atoms with E-state index in [2.05, 4.69) is 74.7 Å². The van der Waals surface area contributed by atoms with Crippen LogP contribution in [0, 0.1) is 0 Å².